The molecule has 0 unspecified atom stereocenters. The van der Waals surface area contributed by atoms with E-state index in [1.165, 1.54) is 89.8 Å². The van der Waals surface area contributed by atoms with Crippen LogP contribution in [-0.4, -0.2) is 72.9 Å². The normalized spacial score (nSPS) is 16.8. The molecule has 0 spiro atoms. The molecule has 118 heavy (non-hydrogen) atoms. The van der Waals surface area contributed by atoms with Gasteiger partial charge in [-0.25, -0.2) is 15.0 Å². The maximum Gasteiger partial charge on any atom is 0.227 e. The summed E-state index contributed by atoms with van der Waals surface area (Å²) in [6, 6.07) is 68.8. The third-order valence-electron chi connectivity index (χ3n) is 25.7. The smallest absolute Gasteiger partial charge is 0.227 e. The highest BCUT2D eigenvalue weighted by atomic mass is 16.3. The number of furan rings is 2. The van der Waals surface area contributed by atoms with Gasteiger partial charge in [0.15, 0.2) is 0 Å². The summed E-state index contributed by atoms with van der Waals surface area (Å²) in [5, 5.41) is 10.4. The van der Waals surface area contributed by atoms with Crippen molar-refractivity contribution in [1.82, 2.24) is 48.2 Å². The highest BCUT2D eigenvalue weighted by Crippen LogP contribution is 2.54. The van der Waals surface area contributed by atoms with Gasteiger partial charge in [0.2, 0.25) is 11.4 Å². The van der Waals surface area contributed by atoms with Crippen molar-refractivity contribution in [3.8, 4) is 0 Å². The Morgan fingerprint density at radius 3 is 1.25 bits per heavy atom. The van der Waals surface area contributed by atoms with Crippen molar-refractivity contribution in [3.63, 3.8) is 0 Å². The van der Waals surface area contributed by atoms with Crippen LogP contribution in [0.25, 0.3) is 55.0 Å². The Morgan fingerprint density at radius 2 is 0.814 bits per heavy atom. The second kappa shape index (κ2) is 29.9. The van der Waals surface area contributed by atoms with Crippen LogP contribution in [0.3, 0.4) is 0 Å². The van der Waals surface area contributed by atoms with E-state index in [1.54, 1.807) is 0 Å². The summed E-state index contributed by atoms with van der Waals surface area (Å²) in [5.41, 5.74) is 24.1. The molecule has 4 atom stereocenters. The molecule has 18 nitrogen and oxygen atoms in total. The first-order valence-electron chi connectivity index (χ1n) is 41.4. The number of para-hydroxylation sites is 7. The average molecular weight is 1570 g/mol. The van der Waals surface area contributed by atoms with Gasteiger partial charge >= 0.3 is 0 Å². The molecule has 4 aliphatic rings. The molecule has 15 aromatic rings. The van der Waals surface area contributed by atoms with Crippen LogP contribution < -0.4 is 29.4 Å². The lowest BCUT2D eigenvalue weighted by atomic mass is 9.84. The first-order valence-corrected chi connectivity index (χ1v) is 41.4. The van der Waals surface area contributed by atoms with E-state index in [9.17, 15) is 0 Å². The number of imidazole rings is 1. The zero-order valence-electron chi connectivity index (χ0n) is 73.2. The largest absolute Gasteiger partial charge is 0.438 e. The highest BCUT2D eigenvalue weighted by Gasteiger charge is 2.48. The number of aromatic nitrogens is 8. The first-order chi connectivity index (χ1) is 56.2. The third kappa shape index (κ3) is 13.2. The Bertz CT molecular complexity index is 6190. The predicted octanol–water partition coefficient (Wildman–Crippen LogP) is 23.3. The van der Waals surface area contributed by atoms with Gasteiger partial charge in [-0.2, -0.15) is 5.10 Å². The monoisotopic (exact) mass is 1570 g/mol. The summed E-state index contributed by atoms with van der Waals surface area (Å²) in [7, 11) is 8.38. The number of aryl methyl sites for hydroxylation is 11. The molecule has 0 saturated heterocycles. The lowest BCUT2D eigenvalue weighted by molar-refractivity contribution is 0.145. The molecule has 0 aliphatic carbocycles. The molecule has 0 amide bonds. The van der Waals surface area contributed by atoms with Gasteiger partial charge < -0.3 is 61.7 Å². The van der Waals surface area contributed by atoms with Crippen LogP contribution in [0.4, 0.5) is 45.8 Å². The Morgan fingerprint density at radius 1 is 0.373 bits per heavy atom. The fourth-order valence-corrected chi connectivity index (χ4v) is 20.1. The predicted molar refractivity (Wildman–Crippen MR) is 488 cm³/mol. The minimum atomic E-state index is -0.344. The van der Waals surface area contributed by atoms with Gasteiger partial charge in [0, 0.05) is 126 Å². The van der Waals surface area contributed by atoms with E-state index in [0.717, 1.165) is 67.3 Å². The topological polar surface area (TPSA) is 123 Å². The number of fused-ring (bicyclic) bond motifs is 9. The van der Waals surface area contributed by atoms with Crippen molar-refractivity contribution in [3.05, 3.63) is 299 Å². The lowest BCUT2D eigenvalue weighted by Gasteiger charge is -2.43. The number of pyridine rings is 2. The molecular formula is C100H114N16O2. The van der Waals surface area contributed by atoms with Crippen LogP contribution >= 0.6 is 0 Å². The van der Waals surface area contributed by atoms with Gasteiger partial charge in [-0.1, -0.05) is 91.0 Å². The van der Waals surface area contributed by atoms with Crippen molar-refractivity contribution in [1.29, 1.82) is 0 Å². The Hall–Kier alpha value is -12.4. The summed E-state index contributed by atoms with van der Waals surface area (Å²) >= 11 is 0. The number of nitrogens with zero attached hydrogens (tertiary/aromatic N) is 16. The third-order valence-corrected chi connectivity index (χ3v) is 25.7. The number of benzene rings is 7. The van der Waals surface area contributed by atoms with Gasteiger partial charge in [0.1, 0.15) is 53.3 Å². The fraction of sp³-hybridized carbons (Fsp3) is 0.320. The van der Waals surface area contributed by atoms with E-state index in [-0.39, 0.29) is 46.8 Å². The number of hydrogen-bond donors (Lipinski definition) is 0. The van der Waals surface area contributed by atoms with Gasteiger partial charge in [-0.15, -0.1) is 0 Å². The van der Waals surface area contributed by atoms with Crippen molar-refractivity contribution in [2.75, 3.05) is 29.4 Å². The van der Waals surface area contributed by atoms with Gasteiger partial charge in [0.05, 0.1) is 56.8 Å². The summed E-state index contributed by atoms with van der Waals surface area (Å²) in [6.07, 6.45) is 13.6. The number of rotatable bonds is 12. The molecule has 8 aromatic heterocycles. The highest BCUT2D eigenvalue weighted by molar-refractivity contribution is 6.08. The zero-order valence-corrected chi connectivity index (χ0v) is 73.2. The van der Waals surface area contributed by atoms with Crippen LogP contribution in [0, 0.1) is 55.4 Å². The van der Waals surface area contributed by atoms with E-state index in [4.69, 9.17) is 8.83 Å². The summed E-state index contributed by atoms with van der Waals surface area (Å²) < 4.78 is 21.1. The second-order valence-electron chi connectivity index (χ2n) is 34.7. The molecule has 0 N–H and O–H groups in total. The van der Waals surface area contributed by atoms with Crippen molar-refractivity contribution in [2.24, 2.45) is 28.2 Å². The molecule has 18 heteroatoms. The molecule has 606 valence electrons. The van der Waals surface area contributed by atoms with Crippen LogP contribution in [0.5, 0.6) is 0 Å². The number of anilines is 8. The van der Waals surface area contributed by atoms with Gasteiger partial charge in [0.25, 0.3) is 0 Å². The molecule has 4 aliphatic heterocycles. The maximum atomic E-state index is 6.24. The van der Waals surface area contributed by atoms with E-state index in [1.807, 2.05) is 45.6 Å². The lowest BCUT2D eigenvalue weighted by Crippen LogP contribution is -2.49. The Kier molecular flexibility index (Phi) is 20.1. The molecule has 7 aromatic carbocycles. The van der Waals surface area contributed by atoms with E-state index >= 15 is 0 Å². The van der Waals surface area contributed by atoms with Gasteiger partial charge in [-0.3, -0.25) is 4.68 Å². The first kappa shape index (κ1) is 79.4. The molecule has 0 radical (unpaired) electrons. The fourth-order valence-electron chi connectivity index (χ4n) is 20.1. The molecule has 0 fully saturated rings. The molecular weight excluding hydrogens is 1460 g/mol. The van der Waals surface area contributed by atoms with Crippen molar-refractivity contribution < 1.29 is 8.83 Å². The van der Waals surface area contributed by atoms with Crippen molar-refractivity contribution in [2.45, 2.75) is 185 Å². The van der Waals surface area contributed by atoms with Gasteiger partial charge in [-0.05, 0) is 274 Å². The van der Waals surface area contributed by atoms with Crippen molar-refractivity contribution >= 4 is 101 Å². The number of hydrogen-bond acceptors (Lipinski definition) is 14. The minimum absolute atomic E-state index is 0.0639. The molecule has 0 saturated carbocycles. The minimum Gasteiger partial charge on any atom is -0.438 e. The Labute approximate surface area is 695 Å². The standard InChI is InChI=1S/2C29H31N5O.C23H27N3.C19H25N3/c1-17-12-15-24-26(21-14-13-18(2)31-28(21)35-24)27(17)29(5,6)34-20(4)33(22-10-8-9-11-23(22)34)25-16-30-19(3)32(25)7;1-17-12-15-24-26(21-14-13-18(2)30-28(21)35-24)27(17)29(5,6)34-20(4)33(22-10-8-9-11-23(22)34)25-16-19(3)31-32(25)7;1-17-10-6-8-12-20(17)25-14-15-26(18(25)2)23(3,4)22-16-19-11-7-9-13-21(19)24(22)5;1-15-9-6-7-10-17(15)21-13-14-22(16(21)2)19(3,4)18-11-8-12-20(18)5/h2*8-16,20H,1-7H3;6-16,18H,1-5H3;6-14,16H,1-5H3/t2*20-;18-;16-/m1111/s1. The van der Waals surface area contributed by atoms with Crippen LogP contribution in [0.15, 0.2) is 240 Å². The molecule has 12 heterocycles. The van der Waals surface area contributed by atoms with E-state index in [2.05, 4.69) is 430 Å². The Balaban J connectivity index is 0.000000120. The second-order valence-corrected chi connectivity index (χ2v) is 34.7. The zero-order chi connectivity index (χ0) is 83.7. The van der Waals surface area contributed by atoms with E-state index < -0.39 is 0 Å². The summed E-state index contributed by atoms with van der Waals surface area (Å²) in [6.45, 7) is 44.4. The molecule has 19 rings (SSSR count). The summed E-state index contributed by atoms with van der Waals surface area (Å²) in [5.74, 6) is 3.17. The quantitative estimate of drug-likeness (QED) is 0.115. The van der Waals surface area contributed by atoms with E-state index in [0.29, 0.717) is 11.4 Å². The molecule has 0 bridgehead atoms. The average Bonchev–Trinajstić information content (AvgIpc) is 1.55. The maximum absolute atomic E-state index is 6.24. The van der Waals surface area contributed by atoms with Crippen LogP contribution in [0.2, 0.25) is 0 Å². The SMILES string of the molecule is Cc1ccc2c(n1)oc1ccc(C)c(C(C)(C)N3c4ccccc4N(c4cc(C)nn4C)[C@H]3C)c12.Cc1ccc2c(n1)oc1ccc(C)c(C(C)(C)N3c4ccccc4N(c4cnc(C)n4C)[C@H]3C)c12.Cc1ccccc1N1C=CN(C(C)(C)c2cc3ccccc3n2C)[C@@H]1C.Cc1ccccc1N1C=CN(C(C)(C)c2cccn2C)[C@@H]1C. The van der Waals surface area contributed by atoms with Crippen LogP contribution in [-0.2, 0) is 50.3 Å². The summed E-state index contributed by atoms with van der Waals surface area (Å²) in [4.78, 5) is 33.4. The van der Waals surface area contributed by atoms with Crippen LogP contribution in [0.1, 0.15) is 151 Å².